The van der Waals surface area contributed by atoms with Crippen LogP contribution in [0, 0.1) is 10.1 Å². The molecule has 2 aromatic carbocycles. The number of carbonyl (C=O) groups excluding carboxylic acids is 2. The second-order valence-electron chi connectivity index (χ2n) is 7.15. The standard InChI is InChI=1S/C21H20ClN3O5/c1-23(2)10-11-24-18(13-6-8-15(22)9-7-13)17(20(27)21(24)28)19(26)14-4-3-5-16(12-14)25(29)30/h3-9,12,18,26H,10-11H2,1-2H3/b19-17-. The van der Waals surface area contributed by atoms with Gasteiger partial charge in [-0.05, 0) is 31.8 Å². The van der Waals surface area contributed by atoms with Gasteiger partial charge >= 0.3 is 0 Å². The summed E-state index contributed by atoms with van der Waals surface area (Å²) in [6.45, 7) is 0.768. The number of nitro benzene ring substituents is 1. The molecule has 156 valence electrons. The average Bonchev–Trinajstić information content (AvgIpc) is 2.97. The van der Waals surface area contributed by atoms with Crippen LogP contribution in [-0.4, -0.2) is 58.7 Å². The fraction of sp³-hybridized carbons (Fsp3) is 0.238. The number of nitrogens with zero attached hydrogens (tertiary/aromatic N) is 3. The van der Waals surface area contributed by atoms with E-state index in [0.717, 1.165) is 0 Å². The van der Waals surface area contributed by atoms with E-state index < -0.39 is 28.4 Å². The summed E-state index contributed by atoms with van der Waals surface area (Å²) in [5.74, 6) is -2.02. The molecule has 1 atom stereocenters. The van der Waals surface area contributed by atoms with Gasteiger partial charge in [0, 0.05) is 35.8 Å². The van der Waals surface area contributed by atoms with Crippen molar-refractivity contribution in [2.45, 2.75) is 6.04 Å². The number of likely N-dealkylation sites (tertiary alicyclic amines) is 1. The maximum atomic E-state index is 12.9. The number of benzene rings is 2. The van der Waals surface area contributed by atoms with Crippen molar-refractivity contribution >= 4 is 34.7 Å². The smallest absolute Gasteiger partial charge is 0.295 e. The Kier molecular flexibility index (Phi) is 6.19. The lowest BCUT2D eigenvalue weighted by molar-refractivity contribution is -0.384. The molecular weight excluding hydrogens is 410 g/mol. The van der Waals surface area contributed by atoms with Crippen molar-refractivity contribution in [3.8, 4) is 0 Å². The first-order valence-corrected chi connectivity index (χ1v) is 9.52. The normalized spacial score (nSPS) is 18.3. The fourth-order valence-corrected chi connectivity index (χ4v) is 3.46. The Morgan fingerprint density at radius 2 is 1.87 bits per heavy atom. The number of amides is 1. The highest BCUT2D eigenvalue weighted by atomic mass is 35.5. The van der Waals surface area contributed by atoms with Gasteiger partial charge in [0.2, 0.25) is 0 Å². The Labute approximate surface area is 178 Å². The molecule has 3 rings (SSSR count). The molecule has 0 radical (unpaired) electrons. The summed E-state index contributed by atoms with van der Waals surface area (Å²) >= 11 is 5.98. The SMILES string of the molecule is CN(C)CCN1C(=O)C(=O)/C(=C(\O)c2cccc([N+](=O)[O-])c2)C1c1ccc(Cl)cc1. The molecular formula is C21H20ClN3O5. The third kappa shape index (κ3) is 4.19. The molecule has 1 aliphatic heterocycles. The number of carbonyl (C=O) groups is 2. The molecule has 1 N–H and O–H groups in total. The van der Waals surface area contributed by atoms with Crippen molar-refractivity contribution in [1.29, 1.82) is 0 Å². The lowest BCUT2D eigenvalue weighted by Crippen LogP contribution is -2.35. The topological polar surface area (TPSA) is 104 Å². The van der Waals surface area contributed by atoms with Crippen molar-refractivity contribution in [2.75, 3.05) is 27.2 Å². The predicted molar refractivity (Wildman–Crippen MR) is 112 cm³/mol. The number of aliphatic hydroxyl groups excluding tert-OH is 1. The zero-order valence-corrected chi connectivity index (χ0v) is 17.2. The molecule has 1 fully saturated rings. The molecule has 1 saturated heterocycles. The summed E-state index contributed by atoms with van der Waals surface area (Å²) in [7, 11) is 3.69. The second-order valence-corrected chi connectivity index (χ2v) is 7.59. The third-order valence-electron chi connectivity index (χ3n) is 4.84. The lowest BCUT2D eigenvalue weighted by Gasteiger charge is -2.26. The number of aliphatic hydroxyl groups is 1. The summed E-state index contributed by atoms with van der Waals surface area (Å²) < 4.78 is 0. The summed E-state index contributed by atoms with van der Waals surface area (Å²) in [6, 6.07) is 11.1. The molecule has 1 unspecified atom stereocenters. The van der Waals surface area contributed by atoms with Gasteiger partial charge in [-0.3, -0.25) is 19.7 Å². The number of ketones is 1. The molecule has 0 bridgehead atoms. The first kappa shape index (κ1) is 21.5. The van der Waals surface area contributed by atoms with Gasteiger partial charge in [-0.25, -0.2) is 0 Å². The number of Topliss-reactive ketones (excluding diaryl/α,β-unsaturated/α-hetero) is 1. The second kappa shape index (κ2) is 8.64. The molecule has 30 heavy (non-hydrogen) atoms. The van der Waals surface area contributed by atoms with Crippen LogP contribution in [0.2, 0.25) is 5.02 Å². The van der Waals surface area contributed by atoms with Crippen LogP contribution in [-0.2, 0) is 9.59 Å². The van der Waals surface area contributed by atoms with E-state index in [-0.39, 0.29) is 23.4 Å². The largest absolute Gasteiger partial charge is 0.507 e. The van der Waals surface area contributed by atoms with E-state index in [4.69, 9.17) is 11.6 Å². The monoisotopic (exact) mass is 429 g/mol. The van der Waals surface area contributed by atoms with E-state index in [1.165, 1.54) is 29.2 Å². The Bertz CT molecular complexity index is 1030. The van der Waals surface area contributed by atoms with Gasteiger partial charge in [0.1, 0.15) is 5.76 Å². The van der Waals surface area contributed by atoms with E-state index in [2.05, 4.69) is 0 Å². The molecule has 1 aliphatic rings. The Morgan fingerprint density at radius 3 is 2.47 bits per heavy atom. The lowest BCUT2D eigenvalue weighted by atomic mass is 9.95. The number of likely N-dealkylation sites (N-methyl/N-ethyl adjacent to an activating group) is 1. The van der Waals surface area contributed by atoms with Crippen LogP contribution in [0.3, 0.4) is 0 Å². The molecule has 2 aromatic rings. The maximum Gasteiger partial charge on any atom is 0.295 e. The van der Waals surface area contributed by atoms with Crippen molar-refractivity contribution in [3.63, 3.8) is 0 Å². The van der Waals surface area contributed by atoms with Crippen LogP contribution in [0.15, 0.2) is 54.1 Å². The third-order valence-corrected chi connectivity index (χ3v) is 5.10. The van der Waals surface area contributed by atoms with Crippen LogP contribution in [0.25, 0.3) is 5.76 Å². The zero-order chi connectivity index (χ0) is 22.0. The van der Waals surface area contributed by atoms with Crippen LogP contribution < -0.4 is 0 Å². The van der Waals surface area contributed by atoms with Crippen molar-refractivity contribution in [1.82, 2.24) is 9.80 Å². The average molecular weight is 430 g/mol. The Morgan fingerprint density at radius 1 is 1.20 bits per heavy atom. The number of halogens is 1. The van der Waals surface area contributed by atoms with E-state index in [0.29, 0.717) is 17.1 Å². The summed E-state index contributed by atoms with van der Waals surface area (Å²) in [5.41, 5.74) is 0.351. The number of nitro groups is 1. The number of non-ortho nitro benzene ring substituents is 1. The summed E-state index contributed by atoms with van der Waals surface area (Å²) in [5, 5.41) is 22.5. The summed E-state index contributed by atoms with van der Waals surface area (Å²) in [4.78, 5) is 39.4. The van der Waals surface area contributed by atoms with Gasteiger partial charge in [-0.2, -0.15) is 0 Å². The van der Waals surface area contributed by atoms with Crippen molar-refractivity contribution in [3.05, 3.63) is 80.4 Å². The van der Waals surface area contributed by atoms with Gasteiger partial charge < -0.3 is 14.9 Å². The van der Waals surface area contributed by atoms with Gasteiger partial charge in [-0.15, -0.1) is 0 Å². The minimum Gasteiger partial charge on any atom is -0.507 e. The minimum atomic E-state index is -0.835. The quantitative estimate of drug-likeness (QED) is 0.248. The van der Waals surface area contributed by atoms with E-state index >= 15 is 0 Å². The molecule has 0 spiro atoms. The van der Waals surface area contributed by atoms with Crippen LogP contribution in [0.4, 0.5) is 5.69 Å². The molecule has 0 saturated carbocycles. The van der Waals surface area contributed by atoms with Crippen molar-refractivity contribution in [2.24, 2.45) is 0 Å². The maximum absolute atomic E-state index is 12.9. The number of rotatable bonds is 6. The molecule has 8 nitrogen and oxygen atoms in total. The molecule has 0 aliphatic carbocycles. The van der Waals surface area contributed by atoms with E-state index in [9.17, 15) is 24.8 Å². The van der Waals surface area contributed by atoms with Gasteiger partial charge in [-0.1, -0.05) is 35.9 Å². The van der Waals surface area contributed by atoms with E-state index in [1.54, 1.807) is 24.3 Å². The molecule has 0 aromatic heterocycles. The molecule has 1 amide bonds. The highest BCUT2D eigenvalue weighted by molar-refractivity contribution is 6.46. The van der Waals surface area contributed by atoms with Gasteiger partial charge in [0.05, 0.1) is 16.5 Å². The highest BCUT2D eigenvalue weighted by Crippen LogP contribution is 2.39. The zero-order valence-electron chi connectivity index (χ0n) is 16.4. The van der Waals surface area contributed by atoms with Crippen LogP contribution in [0.1, 0.15) is 17.2 Å². The Hall–Kier alpha value is -3.23. The number of hydrogen-bond acceptors (Lipinski definition) is 6. The highest BCUT2D eigenvalue weighted by Gasteiger charge is 2.45. The van der Waals surface area contributed by atoms with Crippen LogP contribution in [0.5, 0.6) is 0 Å². The Balaban J connectivity index is 2.16. The van der Waals surface area contributed by atoms with Gasteiger partial charge in [0.25, 0.3) is 17.4 Å². The van der Waals surface area contributed by atoms with Crippen molar-refractivity contribution < 1.29 is 19.6 Å². The fourth-order valence-electron chi connectivity index (χ4n) is 3.33. The van der Waals surface area contributed by atoms with Crippen LogP contribution >= 0.6 is 11.6 Å². The number of hydrogen-bond donors (Lipinski definition) is 1. The van der Waals surface area contributed by atoms with E-state index in [1.807, 2.05) is 19.0 Å². The molecule has 9 heteroatoms. The first-order valence-electron chi connectivity index (χ1n) is 9.14. The molecule has 1 heterocycles. The predicted octanol–water partition coefficient (Wildman–Crippen LogP) is 3.23. The first-order chi connectivity index (χ1) is 14.2. The summed E-state index contributed by atoms with van der Waals surface area (Å²) in [6.07, 6.45) is 0. The van der Waals surface area contributed by atoms with Gasteiger partial charge in [0.15, 0.2) is 0 Å². The minimum absolute atomic E-state index is 0.0915.